The fourth-order valence-electron chi connectivity index (χ4n) is 4.17. The Morgan fingerprint density at radius 1 is 1.03 bits per heavy atom. The highest BCUT2D eigenvalue weighted by Crippen LogP contribution is 2.35. The highest BCUT2D eigenvalue weighted by molar-refractivity contribution is 7.11. The number of nitrogens with zero attached hydrogens (tertiary/aromatic N) is 2. The van der Waals surface area contributed by atoms with Gasteiger partial charge in [-0.05, 0) is 49.1 Å². The van der Waals surface area contributed by atoms with Crippen molar-refractivity contribution in [1.82, 2.24) is 4.57 Å². The standard InChI is InChI=1S/C28H24N2O4S2/c1-3-33-20-14-12-19(13-15-20)25-23(27(32)34-4-2)24(18-9-6-5-7-10-18)29-28-30(25)26(31)22(36-28)17-21-11-8-16-35-21/h5-17,25H,3-4H2,1-2H3/b22-17-/t25-/m1/s1. The normalized spacial score (nSPS) is 15.4. The predicted molar refractivity (Wildman–Crippen MR) is 143 cm³/mol. The maximum Gasteiger partial charge on any atom is 0.338 e. The molecule has 0 saturated carbocycles. The Kier molecular flexibility index (Phi) is 6.97. The zero-order valence-corrected chi connectivity index (χ0v) is 21.5. The molecule has 6 nitrogen and oxygen atoms in total. The fraction of sp³-hybridized carbons (Fsp3) is 0.179. The van der Waals surface area contributed by atoms with Crippen LogP contribution < -0.4 is 19.6 Å². The van der Waals surface area contributed by atoms with Crippen molar-refractivity contribution in [2.45, 2.75) is 19.9 Å². The van der Waals surface area contributed by atoms with Crippen LogP contribution in [0.4, 0.5) is 0 Å². The molecule has 0 unspecified atom stereocenters. The zero-order chi connectivity index (χ0) is 25.1. The van der Waals surface area contributed by atoms with Crippen molar-refractivity contribution in [3.63, 3.8) is 0 Å². The van der Waals surface area contributed by atoms with E-state index in [2.05, 4.69) is 0 Å². The van der Waals surface area contributed by atoms with Crippen LogP contribution in [0.2, 0.25) is 0 Å². The van der Waals surface area contributed by atoms with Gasteiger partial charge in [-0.25, -0.2) is 9.79 Å². The molecule has 1 atom stereocenters. The highest BCUT2D eigenvalue weighted by Gasteiger charge is 2.35. The molecule has 1 aliphatic heterocycles. The number of ether oxygens (including phenoxy) is 2. The number of rotatable bonds is 7. The molecule has 0 radical (unpaired) electrons. The van der Waals surface area contributed by atoms with Crippen molar-refractivity contribution in [2.75, 3.05) is 13.2 Å². The van der Waals surface area contributed by atoms with E-state index in [0.717, 1.165) is 21.8 Å². The van der Waals surface area contributed by atoms with E-state index in [1.54, 1.807) is 22.8 Å². The number of hydrogen-bond donors (Lipinski definition) is 0. The molecule has 3 heterocycles. The van der Waals surface area contributed by atoms with E-state index in [1.165, 1.54) is 11.3 Å². The minimum Gasteiger partial charge on any atom is -0.494 e. The first-order valence-corrected chi connectivity index (χ1v) is 13.3. The van der Waals surface area contributed by atoms with Gasteiger partial charge in [0.05, 0.1) is 35.1 Å². The Bertz CT molecular complexity index is 1580. The van der Waals surface area contributed by atoms with E-state index >= 15 is 0 Å². The summed E-state index contributed by atoms with van der Waals surface area (Å²) in [6, 6.07) is 20.2. The molecule has 0 aliphatic carbocycles. The van der Waals surface area contributed by atoms with Crippen molar-refractivity contribution >= 4 is 40.4 Å². The molecule has 1 aliphatic rings. The zero-order valence-electron chi connectivity index (χ0n) is 19.8. The lowest BCUT2D eigenvalue weighted by Gasteiger charge is -2.26. The molecule has 2 aromatic carbocycles. The van der Waals surface area contributed by atoms with Crippen molar-refractivity contribution in [3.8, 4) is 5.75 Å². The van der Waals surface area contributed by atoms with Gasteiger partial charge >= 0.3 is 5.97 Å². The minimum absolute atomic E-state index is 0.194. The third-order valence-corrected chi connectivity index (χ3v) is 7.50. The average Bonchev–Trinajstić information content (AvgIpc) is 3.52. The number of carbonyl (C=O) groups is 1. The second kappa shape index (κ2) is 10.5. The summed E-state index contributed by atoms with van der Waals surface area (Å²) in [5.74, 6) is 0.225. The number of fused-ring (bicyclic) bond motifs is 1. The van der Waals surface area contributed by atoms with E-state index in [1.807, 2.05) is 85.1 Å². The van der Waals surface area contributed by atoms with Gasteiger partial charge in [0.25, 0.3) is 5.56 Å². The van der Waals surface area contributed by atoms with Crippen molar-refractivity contribution in [1.29, 1.82) is 0 Å². The maximum atomic E-state index is 13.7. The van der Waals surface area contributed by atoms with E-state index < -0.39 is 12.0 Å². The third-order valence-electron chi connectivity index (χ3n) is 5.70. The molecule has 2 aromatic heterocycles. The second-order valence-electron chi connectivity index (χ2n) is 7.95. The van der Waals surface area contributed by atoms with Gasteiger partial charge < -0.3 is 9.47 Å². The molecule has 0 N–H and O–H groups in total. The van der Waals surface area contributed by atoms with Crippen molar-refractivity contribution in [2.24, 2.45) is 4.99 Å². The number of thiazole rings is 1. The predicted octanol–water partition coefficient (Wildman–Crippen LogP) is 4.40. The number of carbonyl (C=O) groups excluding carboxylic acids is 1. The molecule has 8 heteroatoms. The summed E-state index contributed by atoms with van der Waals surface area (Å²) in [6.45, 7) is 4.45. The van der Waals surface area contributed by atoms with E-state index in [4.69, 9.17) is 14.5 Å². The van der Waals surface area contributed by atoms with E-state index in [-0.39, 0.29) is 12.2 Å². The van der Waals surface area contributed by atoms with Crippen LogP contribution in [0.5, 0.6) is 5.75 Å². The highest BCUT2D eigenvalue weighted by atomic mass is 32.1. The molecular formula is C28H24N2O4S2. The first-order valence-electron chi connectivity index (χ1n) is 11.7. The van der Waals surface area contributed by atoms with Crippen LogP contribution in [0.15, 0.2) is 87.5 Å². The van der Waals surface area contributed by atoms with Gasteiger partial charge in [-0.3, -0.25) is 9.36 Å². The molecule has 4 aromatic rings. The summed E-state index contributed by atoms with van der Waals surface area (Å²) >= 11 is 2.88. The van der Waals surface area contributed by atoms with Gasteiger partial charge in [-0.15, -0.1) is 11.3 Å². The molecule has 182 valence electrons. The third kappa shape index (κ3) is 4.57. The first-order chi connectivity index (χ1) is 17.6. The Labute approximate surface area is 216 Å². The van der Waals surface area contributed by atoms with Gasteiger partial charge in [0.2, 0.25) is 0 Å². The van der Waals surface area contributed by atoms with Crippen LogP contribution in [0, 0.1) is 0 Å². The summed E-state index contributed by atoms with van der Waals surface area (Å²) < 4.78 is 13.3. The molecule has 36 heavy (non-hydrogen) atoms. The number of hydrogen-bond acceptors (Lipinski definition) is 7. The molecule has 5 rings (SSSR count). The summed E-state index contributed by atoms with van der Waals surface area (Å²) in [7, 11) is 0. The summed E-state index contributed by atoms with van der Waals surface area (Å²) in [4.78, 5) is 33.6. The molecule has 0 bridgehead atoms. The topological polar surface area (TPSA) is 69.9 Å². The quantitative estimate of drug-likeness (QED) is 0.342. The van der Waals surface area contributed by atoms with Crippen molar-refractivity contribution < 1.29 is 14.3 Å². The summed E-state index contributed by atoms with van der Waals surface area (Å²) in [5, 5.41) is 1.97. The van der Waals surface area contributed by atoms with Gasteiger partial charge in [-0.1, -0.05) is 59.9 Å². The number of aromatic nitrogens is 1. The number of benzene rings is 2. The number of thiophene rings is 1. The Morgan fingerprint density at radius 3 is 2.47 bits per heavy atom. The SMILES string of the molecule is CCOC(=O)C1=C(c2ccccc2)N=c2s/c(=C\c3cccs3)c(=O)n2[C@@H]1c1ccc(OCC)cc1. The molecule has 0 spiro atoms. The second-order valence-corrected chi connectivity index (χ2v) is 9.94. The Balaban J connectivity index is 1.80. The van der Waals surface area contributed by atoms with Crippen LogP contribution in [0.1, 0.15) is 35.9 Å². The fourth-order valence-corrected chi connectivity index (χ4v) is 5.90. The molecule has 0 fully saturated rings. The van der Waals surface area contributed by atoms with Crippen LogP contribution in [0.3, 0.4) is 0 Å². The van der Waals surface area contributed by atoms with Crippen LogP contribution >= 0.6 is 22.7 Å². The van der Waals surface area contributed by atoms with Crippen LogP contribution in [-0.4, -0.2) is 23.8 Å². The average molecular weight is 517 g/mol. The Hall–Kier alpha value is -3.75. The number of esters is 1. The van der Waals surface area contributed by atoms with Crippen LogP contribution in [-0.2, 0) is 9.53 Å². The first kappa shape index (κ1) is 24.0. The van der Waals surface area contributed by atoms with Gasteiger partial charge in [0.15, 0.2) is 4.80 Å². The smallest absolute Gasteiger partial charge is 0.338 e. The molecule has 0 saturated heterocycles. The van der Waals surface area contributed by atoms with Gasteiger partial charge in [0.1, 0.15) is 5.75 Å². The lowest BCUT2D eigenvalue weighted by molar-refractivity contribution is -0.138. The van der Waals surface area contributed by atoms with E-state index in [9.17, 15) is 9.59 Å². The summed E-state index contributed by atoms with van der Waals surface area (Å²) in [5.41, 5.74) is 2.21. The van der Waals surface area contributed by atoms with Crippen molar-refractivity contribution in [3.05, 3.63) is 113 Å². The maximum absolute atomic E-state index is 13.7. The van der Waals surface area contributed by atoms with E-state index in [0.29, 0.717) is 27.2 Å². The largest absolute Gasteiger partial charge is 0.494 e. The minimum atomic E-state index is -0.698. The van der Waals surface area contributed by atoms with Crippen LogP contribution in [0.25, 0.3) is 11.8 Å². The molecule has 0 amide bonds. The monoisotopic (exact) mass is 516 g/mol. The Morgan fingerprint density at radius 2 is 1.81 bits per heavy atom. The summed E-state index contributed by atoms with van der Waals surface area (Å²) in [6.07, 6.45) is 1.87. The van der Waals surface area contributed by atoms with Gasteiger partial charge in [0, 0.05) is 10.4 Å². The molecular weight excluding hydrogens is 492 g/mol. The lowest BCUT2D eigenvalue weighted by Crippen LogP contribution is -2.39. The lowest BCUT2D eigenvalue weighted by atomic mass is 9.93. The van der Waals surface area contributed by atoms with Gasteiger partial charge in [-0.2, -0.15) is 0 Å².